The van der Waals surface area contributed by atoms with Crippen molar-refractivity contribution in [3.05, 3.63) is 63.0 Å². The summed E-state index contributed by atoms with van der Waals surface area (Å²) in [5, 5.41) is 23.7. The van der Waals surface area contributed by atoms with Crippen LogP contribution in [-0.2, 0) is 0 Å². The van der Waals surface area contributed by atoms with Gasteiger partial charge in [-0.25, -0.2) is 9.37 Å². The number of hydrogen-bond donors (Lipinski definition) is 2. The van der Waals surface area contributed by atoms with E-state index in [0.29, 0.717) is 5.56 Å². The maximum Gasteiger partial charge on any atom is 0.312 e. The monoisotopic (exact) mass is 311 g/mol. The van der Waals surface area contributed by atoms with Gasteiger partial charge in [0.1, 0.15) is 5.82 Å². The van der Waals surface area contributed by atoms with E-state index in [9.17, 15) is 19.6 Å². The second kappa shape index (κ2) is 6.47. The summed E-state index contributed by atoms with van der Waals surface area (Å²) < 4.78 is 12.8. The van der Waals surface area contributed by atoms with Gasteiger partial charge in [0, 0.05) is 18.8 Å². The first kappa shape index (κ1) is 15.1. The van der Waals surface area contributed by atoms with Gasteiger partial charge in [-0.2, -0.15) is 0 Å². The molecule has 1 atom stereocenters. The molecular formula is C13H11ClFN3O3. The molecule has 2 N–H and O–H groups in total. The molecule has 21 heavy (non-hydrogen) atoms. The number of pyridine rings is 1. The fraction of sp³-hybridized carbons (Fsp3) is 0.154. The summed E-state index contributed by atoms with van der Waals surface area (Å²) in [5.74, 6) is -0.403. The molecular weight excluding hydrogens is 301 g/mol. The number of nitro groups is 1. The molecule has 2 rings (SSSR count). The molecule has 1 aromatic heterocycles. The summed E-state index contributed by atoms with van der Waals surface area (Å²) in [4.78, 5) is 14.1. The van der Waals surface area contributed by atoms with Gasteiger partial charge in [-0.1, -0.05) is 23.7 Å². The van der Waals surface area contributed by atoms with Crippen LogP contribution in [0.4, 0.5) is 15.9 Å². The molecule has 1 aromatic carbocycles. The van der Waals surface area contributed by atoms with Crippen molar-refractivity contribution in [2.45, 2.75) is 6.10 Å². The highest BCUT2D eigenvalue weighted by atomic mass is 35.5. The summed E-state index contributed by atoms with van der Waals surface area (Å²) in [6.45, 7) is -0.0128. The largest absolute Gasteiger partial charge is 0.387 e. The molecule has 0 bridgehead atoms. The zero-order valence-electron chi connectivity index (χ0n) is 10.7. The Labute approximate surface area is 124 Å². The van der Waals surface area contributed by atoms with Gasteiger partial charge in [-0.05, 0) is 17.7 Å². The molecule has 0 unspecified atom stereocenters. The van der Waals surface area contributed by atoms with E-state index in [1.807, 2.05) is 0 Å². The number of benzene rings is 1. The highest BCUT2D eigenvalue weighted by molar-refractivity contribution is 6.30. The Morgan fingerprint density at radius 2 is 2.10 bits per heavy atom. The lowest BCUT2D eigenvalue weighted by atomic mass is 10.1. The van der Waals surface area contributed by atoms with Crippen molar-refractivity contribution >= 4 is 23.1 Å². The first-order valence-corrected chi connectivity index (χ1v) is 6.32. The van der Waals surface area contributed by atoms with Crippen molar-refractivity contribution in [2.24, 2.45) is 0 Å². The van der Waals surface area contributed by atoms with Gasteiger partial charge in [0.15, 0.2) is 0 Å². The number of aromatic nitrogens is 1. The third-order valence-corrected chi connectivity index (χ3v) is 2.96. The van der Waals surface area contributed by atoms with Crippen molar-refractivity contribution in [3.63, 3.8) is 0 Å². The molecule has 6 nitrogen and oxygen atoms in total. The van der Waals surface area contributed by atoms with Gasteiger partial charge in [0.2, 0.25) is 5.82 Å². The molecule has 0 fully saturated rings. The highest BCUT2D eigenvalue weighted by Crippen LogP contribution is 2.25. The van der Waals surface area contributed by atoms with Crippen LogP contribution in [0.1, 0.15) is 11.7 Å². The Bertz CT molecular complexity index is 652. The van der Waals surface area contributed by atoms with Crippen molar-refractivity contribution in [1.29, 1.82) is 0 Å². The third-order valence-electron chi connectivity index (χ3n) is 2.75. The molecule has 0 saturated heterocycles. The molecule has 110 valence electrons. The second-order valence-corrected chi connectivity index (χ2v) is 4.66. The Morgan fingerprint density at radius 3 is 2.71 bits per heavy atom. The van der Waals surface area contributed by atoms with E-state index in [1.54, 1.807) is 0 Å². The summed E-state index contributed by atoms with van der Waals surface area (Å²) in [7, 11) is 0. The minimum atomic E-state index is -0.956. The number of nitrogens with zero attached hydrogens (tertiary/aromatic N) is 2. The van der Waals surface area contributed by atoms with E-state index in [1.165, 1.54) is 36.5 Å². The van der Waals surface area contributed by atoms with E-state index >= 15 is 0 Å². The topological polar surface area (TPSA) is 88.3 Å². The van der Waals surface area contributed by atoms with Gasteiger partial charge in [0.05, 0.1) is 16.0 Å². The second-order valence-electron chi connectivity index (χ2n) is 4.23. The normalized spacial score (nSPS) is 12.0. The van der Waals surface area contributed by atoms with E-state index < -0.39 is 16.8 Å². The van der Waals surface area contributed by atoms with Gasteiger partial charge in [-0.15, -0.1) is 0 Å². The smallest absolute Gasteiger partial charge is 0.312 e. The Hall–Kier alpha value is -2.25. The maximum absolute atomic E-state index is 12.8. The Balaban J connectivity index is 2.09. The molecule has 0 radical (unpaired) electrons. The first-order chi connectivity index (χ1) is 9.97. The third kappa shape index (κ3) is 3.87. The summed E-state index contributed by atoms with van der Waals surface area (Å²) in [6, 6.07) is 6.49. The van der Waals surface area contributed by atoms with Crippen LogP contribution in [0.2, 0.25) is 5.02 Å². The summed E-state index contributed by atoms with van der Waals surface area (Å²) in [6.07, 6.45) is 0.309. The van der Waals surface area contributed by atoms with E-state index in [-0.39, 0.29) is 23.1 Å². The van der Waals surface area contributed by atoms with E-state index in [2.05, 4.69) is 10.3 Å². The minimum Gasteiger partial charge on any atom is -0.387 e. The zero-order chi connectivity index (χ0) is 15.4. The standard InChI is InChI=1S/C13H11ClFN3O3/c14-9-5-11(18(20)21)13(16-6-9)17-7-12(19)8-1-3-10(15)4-2-8/h1-6,12,19H,7H2,(H,16,17)/t12-/m1/s1. The quantitative estimate of drug-likeness (QED) is 0.654. The van der Waals surface area contributed by atoms with Crippen LogP contribution in [-0.4, -0.2) is 21.6 Å². The van der Waals surface area contributed by atoms with Crippen LogP contribution in [0, 0.1) is 15.9 Å². The number of aliphatic hydroxyl groups is 1. The average molecular weight is 312 g/mol. The highest BCUT2D eigenvalue weighted by Gasteiger charge is 2.17. The zero-order valence-corrected chi connectivity index (χ0v) is 11.4. The van der Waals surface area contributed by atoms with Gasteiger partial charge in [-0.3, -0.25) is 10.1 Å². The lowest BCUT2D eigenvalue weighted by Crippen LogP contribution is -2.14. The predicted molar refractivity (Wildman–Crippen MR) is 75.8 cm³/mol. The van der Waals surface area contributed by atoms with Crippen LogP contribution >= 0.6 is 11.6 Å². The first-order valence-electron chi connectivity index (χ1n) is 5.94. The lowest BCUT2D eigenvalue weighted by Gasteiger charge is -2.12. The van der Waals surface area contributed by atoms with E-state index in [4.69, 9.17) is 11.6 Å². The molecule has 1 heterocycles. The van der Waals surface area contributed by atoms with Crippen LogP contribution in [0.15, 0.2) is 36.5 Å². The fourth-order valence-electron chi connectivity index (χ4n) is 1.70. The van der Waals surface area contributed by atoms with Crippen LogP contribution in [0.3, 0.4) is 0 Å². The summed E-state index contributed by atoms with van der Waals surface area (Å²) in [5.41, 5.74) is 0.203. The molecule has 8 heteroatoms. The number of hydrogen-bond acceptors (Lipinski definition) is 5. The Kier molecular flexibility index (Phi) is 4.66. The SMILES string of the molecule is O=[N+]([O-])c1cc(Cl)cnc1NC[C@@H](O)c1ccc(F)cc1. The van der Waals surface area contributed by atoms with Crippen molar-refractivity contribution in [3.8, 4) is 0 Å². The molecule has 0 spiro atoms. The van der Waals surface area contributed by atoms with E-state index in [0.717, 1.165) is 0 Å². The molecule has 0 aliphatic heterocycles. The van der Waals surface area contributed by atoms with Crippen LogP contribution < -0.4 is 5.32 Å². The van der Waals surface area contributed by atoms with Crippen LogP contribution in [0.25, 0.3) is 0 Å². The minimum absolute atomic E-state index is 0.00515. The molecule has 2 aromatic rings. The predicted octanol–water partition coefficient (Wildman–Crippen LogP) is 2.93. The van der Waals surface area contributed by atoms with Crippen molar-refractivity contribution in [2.75, 3.05) is 11.9 Å². The number of anilines is 1. The van der Waals surface area contributed by atoms with Crippen LogP contribution in [0.5, 0.6) is 0 Å². The number of rotatable bonds is 5. The van der Waals surface area contributed by atoms with Gasteiger partial charge >= 0.3 is 5.69 Å². The molecule has 0 saturated carbocycles. The number of halogens is 2. The van der Waals surface area contributed by atoms with Crippen molar-refractivity contribution < 1.29 is 14.4 Å². The van der Waals surface area contributed by atoms with Crippen molar-refractivity contribution in [1.82, 2.24) is 4.98 Å². The maximum atomic E-state index is 12.8. The fourth-order valence-corrected chi connectivity index (χ4v) is 1.85. The van der Waals surface area contributed by atoms with Gasteiger partial charge < -0.3 is 10.4 Å². The average Bonchev–Trinajstić information content (AvgIpc) is 2.46. The summed E-state index contributed by atoms with van der Waals surface area (Å²) >= 11 is 5.65. The number of aliphatic hydroxyl groups excluding tert-OH is 1. The molecule has 0 aliphatic carbocycles. The Morgan fingerprint density at radius 1 is 1.43 bits per heavy atom. The lowest BCUT2D eigenvalue weighted by molar-refractivity contribution is -0.384. The van der Waals surface area contributed by atoms with Gasteiger partial charge in [0.25, 0.3) is 0 Å². The molecule has 0 aliphatic rings. The molecule has 0 amide bonds. The number of nitrogens with one attached hydrogen (secondary N) is 1.